The molecule has 0 amide bonds. The quantitative estimate of drug-likeness (QED) is 0.430. The highest BCUT2D eigenvalue weighted by Crippen LogP contribution is 2.01. The summed E-state index contributed by atoms with van der Waals surface area (Å²) in [7, 11) is 3.86. The lowest BCUT2D eigenvalue weighted by Crippen LogP contribution is -2.46. The highest BCUT2D eigenvalue weighted by atomic mass is 16.5. The molecule has 0 spiro atoms. The second-order valence-corrected chi connectivity index (χ2v) is 4.25. The molecule has 0 aromatic heterocycles. The van der Waals surface area contributed by atoms with Gasteiger partial charge in [0.25, 0.3) is 0 Å². The van der Waals surface area contributed by atoms with Crippen molar-refractivity contribution in [1.29, 1.82) is 0 Å². The van der Waals surface area contributed by atoms with Gasteiger partial charge in [0.05, 0.1) is 25.4 Å². The van der Waals surface area contributed by atoms with Gasteiger partial charge in [-0.05, 0) is 21.0 Å². The van der Waals surface area contributed by atoms with Crippen molar-refractivity contribution in [1.82, 2.24) is 10.2 Å². The Hall–Kier alpha value is -0.200. The van der Waals surface area contributed by atoms with Gasteiger partial charge in [-0.2, -0.15) is 0 Å². The normalized spacial score (nSPS) is 15.6. The number of nitrogens with one attached hydrogen (secondary N) is 1. The van der Waals surface area contributed by atoms with E-state index in [2.05, 4.69) is 5.32 Å². The van der Waals surface area contributed by atoms with Gasteiger partial charge < -0.3 is 25.2 Å². The molecule has 1 unspecified atom stereocenters. The molecule has 3 N–H and O–H groups in total. The summed E-state index contributed by atoms with van der Waals surface area (Å²) in [5.74, 6) is 0. The van der Waals surface area contributed by atoms with Crippen molar-refractivity contribution in [3.63, 3.8) is 0 Å². The molecule has 0 aliphatic heterocycles. The van der Waals surface area contributed by atoms with Crippen molar-refractivity contribution in [2.24, 2.45) is 0 Å². The molecule has 15 heavy (non-hydrogen) atoms. The first-order valence-electron chi connectivity index (χ1n) is 5.24. The van der Waals surface area contributed by atoms with Crippen molar-refractivity contribution < 1.29 is 14.9 Å². The van der Waals surface area contributed by atoms with E-state index in [4.69, 9.17) is 9.84 Å². The van der Waals surface area contributed by atoms with Gasteiger partial charge in [-0.15, -0.1) is 0 Å². The minimum absolute atomic E-state index is 0.0539. The maximum Gasteiger partial charge on any atom is 0.0869 e. The molecule has 0 aromatic rings. The van der Waals surface area contributed by atoms with Crippen LogP contribution >= 0.6 is 0 Å². The average Bonchev–Trinajstić information content (AvgIpc) is 2.08. The Bertz CT molecular complexity index is 152. The Morgan fingerprint density at radius 3 is 2.53 bits per heavy atom. The van der Waals surface area contributed by atoms with Crippen LogP contribution in [0, 0.1) is 0 Å². The van der Waals surface area contributed by atoms with Crippen LogP contribution in [0.3, 0.4) is 0 Å². The van der Waals surface area contributed by atoms with Gasteiger partial charge >= 0.3 is 0 Å². The van der Waals surface area contributed by atoms with Gasteiger partial charge in [0.2, 0.25) is 0 Å². The number of nitrogens with zero attached hydrogens (tertiary/aromatic N) is 1. The Kier molecular flexibility index (Phi) is 7.90. The van der Waals surface area contributed by atoms with E-state index < -0.39 is 5.60 Å². The largest absolute Gasteiger partial charge is 0.394 e. The molecule has 0 fully saturated rings. The zero-order valence-electron chi connectivity index (χ0n) is 9.99. The molecule has 0 bridgehead atoms. The van der Waals surface area contributed by atoms with Crippen molar-refractivity contribution in [3.8, 4) is 0 Å². The van der Waals surface area contributed by atoms with E-state index in [1.807, 2.05) is 19.0 Å². The number of aliphatic hydroxyl groups excluding tert-OH is 1. The van der Waals surface area contributed by atoms with Crippen LogP contribution in [0.4, 0.5) is 0 Å². The average molecular weight is 220 g/mol. The van der Waals surface area contributed by atoms with E-state index in [1.165, 1.54) is 0 Å². The van der Waals surface area contributed by atoms with Crippen molar-refractivity contribution >= 4 is 0 Å². The Morgan fingerprint density at radius 1 is 1.33 bits per heavy atom. The molecule has 0 aromatic carbocycles. The lowest BCUT2D eigenvalue weighted by atomic mass is 10.1. The minimum Gasteiger partial charge on any atom is -0.394 e. The summed E-state index contributed by atoms with van der Waals surface area (Å²) in [6.07, 6.45) is 0. The van der Waals surface area contributed by atoms with E-state index in [0.717, 1.165) is 0 Å². The third-order valence-corrected chi connectivity index (χ3v) is 1.82. The van der Waals surface area contributed by atoms with Crippen LogP contribution in [0.1, 0.15) is 6.92 Å². The van der Waals surface area contributed by atoms with Crippen molar-refractivity contribution in [2.45, 2.75) is 12.5 Å². The zero-order chi connectivity index (χ0) is 11.7. The summed E-state index contributed by atoms with van der Waals surface area (Å²) in [6.45, 7) is 4.62. The fourth-order valence-corrected chi connectivity index (χ4v) is 1.41. The van der Waals surface area contributed by atoms with Crippen molar-refractivity contribution in [3.05, 3.63) is 0 Å². The number of hydrogen-bond donors (Lipinski definition) is 3. The monoisotopic (exact) mass is 220 g/mol. The van der Waals surface area contributed by atoms with Crippen LogP contribution in [-0.2, 0) is 4.74 Å². The summed E-state index contributed by atoms with van der Waals surface area (Å²) >= 11 is 0. The lowest BCUT2D eigenvalue weighted by Gasteiger charge is -2.27. The molecule has 0 saturated carbocycles. The third-order valence-electron chi connectivity index (χ3n) is 1.82. The van der Waals surface area contributed by atoms with Gasteiger partial charge in [0, 0.05) is 19.6 Å². The number of hydrogen-bond acceptors (Lipinski definition) is 5. The van der Waals surface area contributed by atoms with E-state index in [1.54, 1.807) is 6.92 Å². The third kappa shape index (κ3) is 10.1. The molecular formula is C10H24N2O3. The van der Waals surface area contributed by atoms with Crippen LogP contribution < -0.4 is 5.32 Å². The molecule has 0 aliphatic carbocycles. The van der Waals surface area contributed by atoms with Crippen LogP contribution in [-0.4, -0.2) is 74.3 Å². The summed E-state index contributed by atoms with van der Waals surface area (Å²) < 4.78 is 5.07. The predicted molar refractivity (Wildman–Crippen MR) is 60.0 cm³/mol. The maximum atomic E-state index is 9.90. The Labute approximate surface area is 92.0 Å². The van der Waals surface area contributed by atoms with Gasteiger partial charge in [0.15, 0.2) is 0 Å². The molecule has 5 nitrogen and oxygen atoms in total. The number of ether oxygens (including phenoxy) is 1. The minimum atomic E-state index is -0.722. The number of aliphatic hydroxyl groups is 2. The first-order chi connectivity index (χ1) is 6.98. The van der Waals surface area contributed by atoms with Crippen molar-refractivity contribution in [2.75, 3.05) is 53.6 Å². The fraction of sp³-hybridized carbons (Fsp3) is 1.00. The SMILES string of the molecule is CN(C)CC(C)(O)CNCCOCCO. The highest BCUT2D eigenvalue weighted by Gasteiger charge is 2.20. The van der Waals surface area contributed by atoms with Crippen LogP contribution in [0.2, 0.25) is 0 Å². The van der Waals surface area contributed by atoms with Gasteiger partial charge in [-0.25, -0.2) is 0 Å². The molecule has 0 heterocycles. The van der Waals surface area contributed by atoms with Crippen LogP contribution in [0.5, 0.6) is 0 Å². The lowest BCUT2D eigenvalue weighted by molar-refractivity contribution is 0.0306. The Morgan fingerprint density at radius 2 is 2.00 bits per heavy atom. The van der Waals surface area contributed by atoms with E-state index in [9.17, 15) is 5.11 Å². The van der Waals surface area contributed by atoms with Gasteiger partial charge in [-0.3, -0.25) is 0 Å². The van der Waals surface area contributed by atoms with Gasteiger partial charge in [-0.1, -0.05) is 0 Å². The first-order valence-corrected chi connectivity index (χ1v) is 5.24. The molecule has 92 valence electrons. The topological polar surface area (TPSA) is 65.0 Å². The molecule has 0 rings (SSSR count). The Balaban J connectivity index is 3.40. The second-order valence-electron chi connectivity index (χ2n) is 4.25. The van der Waals surface area contributed by atoms with E-state index in [-0.39, 0.29) is 6.61 Å². The van der Waals surface area contributed by atoms with Crippen LogP contribution in [0.15, 0.2) is 0 Å². The molecule has 0 radical (unpaired) electrons. The summed E-state index contributed by atoms with van der Waals surface area (Å²) in [5.41, 5.74) is -0.722. The zero-order valence-corrected chi connectivity index (χ0v) is 9.99. The standard InChI is InChI=1S/C10H24N2O3/c1-10(14,9-12(2)3)8-11-4-6-15-7-5-13/h11,13-14H,4-9H2,1-3H3. The van der Waals surface area contributed by atoms with E-state index in [0.29, 0.717) is 32.8 Å². The van der Waals surface area contributed by atoms with E-state index >= 15 is 0 Å². The summed E-state index contributed by atoms with van der Waals surface area (Å²) in [4.78, 5) is 1.95. The first kappa shape index (κ1) is 14.8. The molecule has 0 saturated heterocycles. The number of likely N-dealkylation sites (N-methyl/N-ethyl adjacent to an activating group) is 1. The maximum absolute atomic E-state index is 9.90. The summed E-state index contributed by atoms with van der Waals surface area (Å²) in [5, 5.41) is 21.5. The smallest absolute Gasteiger partial charge is 0.0869 e. The fourth-order valence-electron chi connectivity index (χ4n) is 1.41. The molecule has 1 atom stereocenters. The molecular weight excluding hydrogens is 196 g/mol. The predicted octanol–water partition coefficient (Wildman–Crippen LogP) is -1.10. The second kappa shape index (κ2) is 8.01. The summed E-state index contributed by atoms with van der Waals surface area (Å²) in [6, 6.07) is 0. The highest BCUT2D eigenvalue weighted by molar-refractivity contribution is 4.77. The number of rotatable bonds is 9. The molecule has 5 heteroatoms. The molecule has 0 aliphatic rings. The van der Waals surface area contributed by atoms with Gasteiger partial charge in [0.1, 0.15) is 0 Å². The van der Waals surface area contributed by atoms with Crippen LogP contribution in [0.25, 0.3) is 0 Å².